The lowest BCUT2D eigenvalue weighted by molar-refractivity contribution is -0.121. The Morgan fingerprint density at radius 1 is 1.20 bits per heavy atom. The Labute approximate surface area is 150 Å². The quantitative estimate of drug-likeness (QED) is 0.885. The lowest BCUT2D eigenvalue weighted by Crippen LogP contribution is -2.41. The monoisotopic (exact) mass is 378 g/mol. The Hall–Kier alpha value is -2.38. The van der Waals surface area contributed by atoms with Crippen LogP contribution in [-0.2, 0) is 14.8 Å². The van der Waals surface area contributed by atoms with Crippen LogP contribution in [-0.4, -0.2) is 31.1 Å². The zero-order valence-electron chi connectivity index (χ0n) is 13.3. The standard InChI is InChI=1S/C17H15ClN2O4S/c1-11(12-5-4-6-13(18)9-12)19-16(21)10-20-17(22)14-7-2-3-8-15(14)25(20,23)24/h2-9,11H,10H2,1H3,(H,19,21)/t11-/m1/s1. The number of benzene rings is 2. The van der Waals surface area contributed by atoms with E-state index in [1.165, 1.54) is 18.2 Å². The van der Waals surface area contributed by atoms with Gasteiger partial charge in [-0.15, -0.1) is 0 Å². The molecule has 2 amide bonds. The Morgan fingerprint density at radius 2 is 1.92 bits per heavy atom. The Kier molecular flexibility index (Phi) is 4.53. The Balaban J connectivity index is 1.75. The molecule has 0 fully saturated rings. The van der Waals surface area contributed by atoms with E-state index in [9.17, 15) is 18.0 Å². The molecule has 0 aromatic heterocycles. The van der Waals surface area contributed by atoms with Crippen molar-refractivity contribution in [3.63, 3.8) is 0 Å². The van der Waals surface area contributed by atoms with Crippen molar-refractivity contribution in [3.8, 4) is 0 Å². The van der Waals surface area contributed by atoms with E-state index in [1.807, 2.05) is 0 Å². The first-order chi connectivity index (χ1) is 11.8. The zero-order valence-corrected chi connectivity index (χ0v) is 14.8. The van der Waals surface area contributed by atoms with Gasteiger partial charge in [-0.2, -0.15) is 0 Å². The first-order valence-corrected chi connectivity index (χ1v) is 9.33. The molecule has 0 radical (unpaired) electrons. The highest BCUT2D eigenvalue weighted by Crippen LogP contribution is 2.29. The maximum atomic E-state index is 12.4. The lowest BCUT2D eigenvalue weighted by Gasteiger charge is -2.18. The minimum atomic E-state index is -4.00. The molecule has 6 nitrogen and oxygen atoms in total. The van der Waals surface area contributed by atoms with Crippen LogP contribution in [0.2, 0.25) is 5.02 Å². The van der Waals surface area contributed by atoms with Gasteiger partial charge < -0.3 is 5.32 Å². The van der Waals surface area contributed by atoms with E-state index in [-0.39, 0.29) is 16.5 Å². The molecule has 0 saturated heterocycles. The second-order valence-electron chi connectivity index (χ2n) is 5.66. The Bertz CT molecular complexity index is 959. The smallest absolute Gasteiger partial charge is 0.269 e. The van der Waals surface area contributed by atoms with Gasteiger partial charge in [-0.1, -0.05) is 35.9 Å². The van der Waals surface area contributed by atoms with E-state index in [4.69, 9.17) is 11.6 Å². The molecular formula is C17H15ClN2O4S. The fourth-order valence-electron chi connectivity index (χ4n) is 2.66. The summed E-state index contributed by atoms with van der Waals surface area (Å²) in [5, 5.41) is 3.21. The molecular weight excluding hydrogens is 364 g/mol. The van der Waals surface area contributed by atoms with Crippen LogP contribution < -0.4 is 5.32 Å². The molecule has 2 aromatic rings. The molecule has 0 spiro atoms. The maximum Gasteiger partial charge on any atom is 0.269 e. The van der Waals surface area contributed by atoms with Crippen LogP contribution in [0.1, 0.15) is 28.9 Å². The molecule has 0 bridgehead atoms. The summed E-state index contributed by atoms with van der Waals surface area (Å²) in [4.78, 5) is 24.5. The normalized spacial score (nSPS) is 16.4. The molecule has 130 valence electrons. The minimum absolute atomic E-state index is 0.0734. The topological polar surface area (TPSA) is 83.6 Å². The molecule has 3 rings (SSSR count). The average Bonchev–Trinajstić information content (AvgIpc) is 2.76. The number of hydrogen-bond acceptors (Lipinski definition) is 4. The van der Waals surface area contributed by atoms with Crippen LogP contribution in [0.4, 0.5) is 0 Å². The summed E-state index contributed by atoms with van der Waals surface area (Å²) < 4.78 is 25.5. The third kappa shape index (κ3) is 3.25. The van der Waals surface area contributed by atoms with Gasteiger partial charge in [0, 0.05) is 5.02 Å². The molecule has 1 N–H and O–H groups in total. The van der Waals surface area contributed by atoms with Crippen LogP contribution in [0.3, 0.4) is 0 Å². The molecule has 1 heterocycles. The number of fused-ring (bicyclic) bond motifs is 1. The van der Waals surface area contributed by atoms with Crippen molar-refractivity contribution in [1.82, 2.24) is 9.62 Å². The molecule has 0 saturated carbocycles. The van der Waals surface area contributed by atoms with E-state index < -0.39 is 28.4 Å². The molecule has 0 unspecified atom stereocenters. The first-order valence-electron chi connectivity index (χ1n) is 7.51. The fourth-order valence-corrected chi connectivity index (χ4v) is 4.39. The van der Waals surface area contributed by atoms with Gasteiger partial charge in [0.1, 0.15) is 11.4 Å². The molecule has 1 aliphatic heterocycles. The van der Waals surface area contributed by atoms with Crippen molar-refractivity contribution in [3.05, 3.63) is 64.7 Å². The van der Waals surface area contributed by atoms with Gasteiger partial charge in [0.15, 0.2) is 0 Å². The van der Waals surface area contributed by atoms with Gasteiger partial charge in [0.05, 0.1) is 11.6 Å². The van der Waals surface area contributed by atoms with Gasteiger partial charge in [-0.25, -0.2) is 12.7 Å². The number of amides is 2. The predicted octanol–water partition coefficient (Wildman–Crippen LogP) is 2.36. The van der Waals surface area contributed by atoms with Crippen LogP contribution in [0.5, 0.6) is 0 Å². The van der Waals surface area contributed by atoms with E-state index in [0.29, 0.717) is 9.33 Å². The number of sulfonamides is 1. The number of carbonyl (C=O) groups excluding carboxylic acids is 2. The SMILES string of the molecule is C[C@@H](NC(=O)CN1C(=O)c2ccccc2S1(=O)=O)c1cccc(Cl)c1. The molecule has 2 aromatic carbocycles. The lowest BCUT2D eigenvalue weighted by atomic mass is 10.1. The highest BCUT2D eigenvalue weighted by molar-refractivity contribution is 7.90. The van der Waals surface area contributed by atoms with Gasteiger partial charge in [0.2, 0.25) is 5.91 Å². The number of nitrogens with one attached hydrogen (secondary N) is 1. The molecule has 25 heavy (non-hydrogen) atoms. The summed E-state index contributed by atoms with van der Waals surface area (Å²) >= 11 is 5.93. The summed E-state index contributed by atoms with van der Waals surface area (Å²) in [5.74, 6) is -1.27. The second-order valence-corrected chi connectivity index (χ2v) is 7.92. The summed E-state index contributed by atoms with van der Waals surface area (Å²) in [6, 6.07) is 12.5. The van der Waals surface area contributed by atoms with Crippen molar-refractivity contribution < 1.29 is 18.0 Å². The van der Waals surface area contributed by atoms with Crippen molar-refractivity contribution in [2.75, 3.05) is 6.54 Å². The zero-order chi connectivity index (χ0) is 18.2. The Morgan fingerprint density at radius 3 is 2.60 bits per heavy atom. The molecule has 1 aliphatic rings. The average molecular weight is 379 g/mol. The van der Waals surface area contributed by atoms with Gasteiger partial charge in [-0.05, 0) is 36.8 Å². The minimum Gasteiger partial charge on any atom is -0.348 e. The van der Waals surface area contributed by atoms with E-state index >= 15 is 0 Å². The van der Waals surface area contributed by atoms with Crippen molar-refractivity contribution in [2.45, 2.75) is 17.9 Å². The third-order valence-corrected chi connectivity index (χ3v) is 5.95. The number of hydrogen-bond donors (Lipinski definition) is 1. The number of carbonyl (C=O) groups is 2. The van der Waals surface area contributed by atoms with Gasteiger partial charge >= 0.3 is 0 Å². The summed E-state index contributed by atoms with van der Waals surface area (Å²) in [7, 11) is -4.00. The van der Waals surface area contributed by atoms with E-state index in [0.717, 1.165) is 5.56 Å². The summed E-state index contributed by atoms with van der Waals surface area (Å²) in [6.45, 7) is 1.18. The van der Waals surface area contributed by atoms with Crippen LogP contribution in [0, 0.1) is 0 Å². The number of rotatable bonds is 4. The summed E-state index contributed by atoms with van der Waals surface area (Å²) in [5.41, 5.74) is 0.859. The van der Waals surface area contributed by atoms with Gasteiger partial charge in [0.25, 0.3) is 15.9 Å². The highest BCUT2D eigenvalue weighted by atomic mass is 35.5. The molecule has 1 atom stereocenters. The van der Waals surface area contributed by atoms with E-state index in [1.54, 1.807) is 37.3 Å². The largest absolute Gasteiger partial charge is 0.348 e. The fraction of sp³-hybridized carbons (Fsp3) is 0.176. The summed E-state index contributed by atoms with van der Waals surface area (Å²) in [6.07, 6.45) is 0. The van der Waals surface area contributed by atoms with Crippen LogP contribution in [0.15, 0.2) is 53.4 Å². The van der Waals surface area contributed by atoms with Crippen LogP contribution >= 0.6 is 11.6 Å². The maximum absolute atomic E-state index is 12.4. The molecule has 0 aliphatic carbocycles. The van der Waals surface area contributed by atoms with Gasteiger partial charge in [-0.3, -0.25) is 9.59 Å². The van der Waals surface area contributed by atoms with E-state index in [2.05, 4.69) is 5.32 Å². The molecule has 8 heteroatoms. The first kappa shape index (κ1) is 17.4. The number of halogens is 1. The third-order valence-electron chi connectivity index (χ3n) is 3.93. The second kappa shape index (κ2) is 6.50. The predicted molar refractivity (Wildman–Crippen MR) is 92.7 cm³/mol. The highest BCUT2D eigenvalue weighted by Gasteiger charge is 2.41. The van der Waals surface area contributed by atoms with Crippen LogP contribution in [0.25, 0.3) is 0 Å². The van der Waals surface area contributed by atoms with Crippen molar-refractivity contribution in [2.24, 2.45) is 0 Å². The van der Waals surface area contributed by atoms with Crippen molar-refractivity contribution in [1.29, 1.82) is 0 Å². The number of nitrogens with zero attached hydrogens (tertiary/aromatic N) is 1. The van der Waals surface area contributed by atoms with Crippen molar-refractivity contribution >= 4 is 33.4 Å².